The molecule has 2 rings (SSSR count). The Morgan fingerprint density at radius 3 is 2.68 bits per heavy atom. The number of nitrogens with one attached hydrogen (secondary N) is 1. The molecule has 1 unspecified atom stereocenters. The fraction of sp³-hybridized carbons (Fsp3) is 0.571. The topological polar surface area (TPSA) is 66.4 Å². The molecule has 1 aliphatic carbocycles. The molecule has 0 spiro atoms. The SMILES string of the molecule is CC(CC1CC1)NS(=O)(=O)Cc1cccc(CO)c1. The first-order valence-electron chi connectivity index (χ1n) is 6.67. The van der Waals surface area contributed by atoms with E-state index in [2.05, 4.69) is 4.72 Å². The van der Waals surface area contributed by atoms with Crippen molar-refractivity contribution in [1.82, 2.24) is 4.72 Å². The normalized spacial score (nSPS) is 17.4. The molecule has 2 N–H and O–H groups in total. The highest BCUT2D eigenvalue weighted by Gasteiger charge is 2.25. The maximum Gasteiger partial charge on any atom is 0.216 e. The van der Waals surface area contributed by atoms with Crippen LogP contribution in [0, 0.1) is 5.92 Å². The molecule has 0 radical (unpaired) electrons. The van der Waals surface area contributed by atoms with Gasteiger partial charge in [0.2, 0.25) is 10.0 Å². The molecule has 106 valence electrons. The summed E-state index contributed by atoms with van der Waals surface area (Å²) in [4.78, 5) is 0. The van der Waals surface area contributed by atoms with E-state index in [0.717, 1.165) is 12.0 Å². The summed E-state index contributed by atoms with van der Waals surface area (Å²) in [5, 5.41) is 9.05. The van der Waals surface area contributed by atoms with E-state index < -0.39 is 10.0 Å². The monoisotopic (exact) mass is 283 g/mol. The van der Waals surface area contributed by atoms with Crippen LogP contribution in [0.4, 0.5) is 0 Å². The zero-order valence-corrected chi connectivity index (χ0v) is 12.0. The summed E-state index contributed by atoms with van der Waals surface area (Å²) in [6.07, 6.45) is 3.38. The predicted molar refractivity (Wildman–Crippen MR) is 74.9 cm³/mol. The van der Waals surface area contributed by atoms with Crippen molar-refractivity contribution in [2.24, 2.45) is 5.92 Å². The Balaban J connectivity index is 1.94. The summed E-state index contributed by atoms with van der Waals surface area (Å²) >= 11 is 0. The average Bonchev–Trinajstić information content (AvgIpc) is 3.11. The summed E-state index contributed by atoms with van der Waals surface area (Å²) in [6, 6.07) is 7.04. The summed E-state index contributed by atoms with van der Waals surface area (Å²) in [7, 11) is -3.31. The first-order chi connectivity index (χ1) is 8.98. The average molecular weight is 283 g/mol. The molecule has 1 atom stereocenters. The van der Waals surface area contributed by atoms with Gasteiger partial charge in [0.15, 0.2) is 0 Å². The van der Waals surface area contributed by atoms with E-state index in [0.29, 0.717) is 11.5 Å². The van der Waals surface area contributed by atoms with Gasteiger partial charge in [-0.05, 0) is 30.4 Å². The molecule has 1 saturated carbocycles. The van der Waals surface area contributed by atoms with Crippen LogP contribution in [0.25, 0.3) is 0 Å². The van der Waals surface area contributed by atoms with Crippen molar-refractivity contribution in [3.63, 3.8) is 0 Å². The van der Waals surface area contributed by atoms with E-state index in [1.807, 2.05) is 6.92 Å². The largest absolute Gasteiger partial charge is 0.392 e. The van der Waals surface area contributed by atoms with E-state index in [1.165, 1.54) is 12.8 Å². The molecule has 19 heavy (non-hydrogen) atoms. The minimum Gasteiger partial charge on any atom is -0.392 e. The van der Waals surface area contributed by atoms with E-state index in [4.69, 9.17) is 5.11 Å². The zero-order valence-electron chi connectivity index (χ0n) is 11.2. The Labute approximate surface area is 114 Å². The van der Waals surface area contributed by atoms with Crippen LogP contribution in [0.1, 0.15) is 37.3 Å². The first-order valence-corrected chi connectivity index (χ1v) is 8.32. The fourth-order valence-corrected chi connectivity index (χ4v) is 3.70. The van der Waals surface area contributed by atoms with Gasteiger partial charge in [-0.3, -0.25) is 0 Å². The van der Waals surface area contributed by atoms with Gasteiger partial charge in [-0.1, -0.05) is 37.1 Å². The Morgan fingerprint density at radius 2 is 2.05 bits per heavy atom. The maximum absolute atomic E-state index is 12.0. The van der Waals surface area contributed by atoms with E-state index in [9.17, 15) is 8.42 Å². The van der Waals surface area contributed by atoms with Crippen molar-refractivity contribution in [2.75, 3.05) is 0 Å². The van der Waals surface area contributed by atoms with Crippen LogP contribution >= 0.6 is 0 Å². The lowest BCUT2D eigenvalue weighted by Gasteiger charge is -2.14. The van der Waals surface area contributed by atoms with Crippen molar-refractivity contribution >= 4 is 10.0 Å². The summed E-state index contributed by atoms with van der Waals surface area (Å²) < 4.78 is 26.8. The highest BCUT2D eigenvalue weighted by Crippen LogP contribution is 2.33. The lowest BCUT2D eigenvalue weighted by Crippen LogP contribution is -2.33. The lowest BCUT2D eigenvalue weighted by molar-refractivity contribution is 0.282. The molecule has 0 heterocycles. The highest BCUT2D eigenvalue weighted by molar-refractivity contribution is 7.88. The minimum atomic E-state index is -3.31. The van der Waals surface area contributed by atoms with Gasteiger partial charge in [0.25, 0.3) is 0 Å². The van der Waals surface area contributed by atoms with Gasteiger partial charge in [0.1, 0.15) is 0 Å². The fourth-order valence-electron chi connectivity index (χ4n) is 2.29. The molecule has 0 aromatic heterocycles. The molecule has 1 aliphatic rings. The lowest BCUT2D eigenvalue weighted by atomic mass is 10.1. The summed E-state index contributed by atoms with van der Waals surface area (Å²) in [5.74, 6) is 0.672. The maximum atomic E-state index is 12.0. The molecule has 1 aromatic carbocycles. The molecular formula is C14H21NO3S. The van der Waals surface area contributed by atoms with Crippen LogP contribution in [0.3, 0.4) is 0 Å². The van der Waals surface area contributed by atoms with Crippen LogP contribution < -0.4 is 4.72 Å². The molecule has 0 aliphatic heterocycles. The number of benzene rings is 1. The van der Waals surface area contributed by atoms with Crippen LogP contribution in [0.2, 0.25) is 0 Å². The van der Waals surface area contributed by atoms with Crippen LogP contribution in [0.15, 0.2) is 24.3 Å². The third kappa shape index (κ3) is 4.93. The first kappa shape index (κ1) is 14.5. The molecule has 0 amide bonds. The van der Waals surface area contributed by atoms with E-state index in [-0.39, 0.29) is 18.4 Å². The second-order valence-electron chi connectivity index (χ2n) is 5.44. The number of aliphatic hydroxyl groups is 1. The van der Waals surface area contributed by atoms with Gasteiger partial charge in [-0.2, -0.15) is 0 Å². The third-order valence-electron chi connectivity index (χ3n) is 3.30. The molecule has 1 aromatic rings. The second-order valence-corrected chi connectivity index (χ2v) is 7.19. The van der Waals surface area contributed by atoms with Crippen molar-refractivity contribution in [2.45, 2.75) is 44.6 Å². The predicted octanol–water partition coefficient (Wildman–Crippen LogP) is 1.79. The Hall–Kier alpha value is -0.910. The van der Waals surface area contributed by atoms with E-state index in [1.54, 1.807) is 24.3 Å². The number of sulfonamides is 1. The summed E-state index contributed by atoms with van der Waals surface area (Å²) in [6.45, 7) is 1.85. The molecule has 4 nitrogen and oxygen atoms in total. The highest BCUT2D eigenvalue weighted by atomic mass is 32.2. The van der Waals surface area contributed by atoms with Crippen LogP contribution in [0.5, 0.6) is 0 Å². The number of aliphatic hydroxyl groups excluding tert-OH is 1. The van der Waals surface area contributed by atoms with E-state index >= 15 is 0 Å². The molecule has 0 saturated heterocycles. The Bertz CT molecular complexity index is 523. The Morgan fingerprint density at radius 1 is 1.37 bits per heavy atom. The Kier molecular flexibility index (Phi) is 4.60. The smallest absolute Gasteiger partial charge is 0.216 e. The van der Waals surface area contributed by atoms with Crippen molar-refractivity contribution in [3.8, 4) is 0 Å². The van der Waals surface area contributed by atoms with Gasteiger partial charge < -0.3 is 5.11 Å². The molecular weight excluding hydrogens is 262 g/mol. The number of rotatable bonds is 7. The summed E-state index contributed by atoms with van der Waals surface area (Å²) in [5.41, 5.74) is 1.44. The van der Waals surface area contributed by atoms with Crippen molar-refractivity contribution in [1.29, 1.82) is 0 Å². The van der Waals surface area contributed by atoms with Gasteiger partial charge >= 0.3 is 0 Å². The van der Waals surface area contributed by atoms with Crippen LogP contribution in [-0.2, 0) is 22.4 Å². The zero-order chi connectivity index (χ0) is 13.9. The number of hydrogen-bond donors (Lipinski definition) is 2. The van der Waals surface area contributed by atoms with Gasteiger partial charge in [0, 0.05) is 6.04 Å². The molecule has 0 bridgehead atoms. The van der Waals surface area contributed by atoms with Gasteiger partial charge in [-0.15, -0.1) is 0 Å². The minimum absolute atomic E-state index is 0.00137. The third-order valence-corrected chi connectivity index (χ3v) is 4.77. The molecule has 1 fully saturated rings. The van der Waals surface area contributed by atoms with Crippen LogP contribution in [-0.4, -0.2) is 19.6 Å². The standard InChI is InChI=1S/C14H21NO3S/c1-11(7-12-5-6-12)15-19(17,18)10-14-4-2-3-13(8-14)9-16/h2-4,8,11-12,15-16H,5-7,9-10H2,1H3. The van der Waals surface area contributed by atoms with Crippen molar-refractivity contribution < 1.29 is 13.5 Å². The quantitative estimate of drug-likeness (QED) is 0.801. The second kappa shape index (κ2) is 6.03. The molecule has 5 heteroatoms. The van der Waals surface area contributed by atoms with Crippen molar-refractivity contribution in [3.05, 3.63) is 35.4 Å². The number of hydrogen-bond acceptors (Lipinski definition) is 3. The van der Waals surface area contributed by atoms with Gasteiger partial charge in [-0.25, -0.2) is 13.1 Å². The van der Waals surface area contributed by atoms with Gasteiger partial charge in [0.05, 0.1) is 12.4 Å².